The highest BCUT2D eigenvalue weighted by Crippen LogP contribution is 2.16. The number of nitrogens with zero attached hydrogens (tertiary/aromatic N) is 3. The maximum absolute atomic E-state index is 10.9. The Hall–Kier alpha value is -2.40. The summed E-state index contributed by atoms with van der Waals surface area (Å²) in [7, 11) is 0. The van der Waals surface area contributed by atoms with Crippen LogP contribution in [-0.2, 0) is 6.42 Å². The zero-order valence-corrected chi connectivity index (χ0v) is 11.1. The van der Waals surface area contributed by atoms with E-state index >= 15 is 0 Å². The van der Waals surface area contributed by atoms with Crippen LogP contribution in [0.4, 0.5) is 0 Å². The first-order chi connectivity index (χ1) is 9.61. The highest BCUT2D eigenvalue weighted by molar-refractivity contribution is 6.31. The standard InChI is InChI=1S/C14H10ClN3O2/c15-10-4-13-6-12(17-8-18(13)7-10)5-11-3-9(14(19)20)1-2-16-11/h1-4,6-8H,5H2,(H,19,20). The number of hydrogen-bond acceptors (Lipinski definition) is 3. The van der Waals surface area contributed by atoms with Crippen LogP contribution in [-0.4, -0.2) is 25.4 Å². The molecule has 0 atom stereocenters. The molecule has 0 saturated carbocycles. The number of aromatic carboxylic acids is 1. The predicted molar refractivity (Wildman–Crippen MR) is 74.2 cm³/mol. The summed E-state index contributed by atoms with van der Waals surface area (Å²) in [5, 5.41) is 9.61. The summed E-state index contributed by atoms with van der Waals surface area (Å²) in [6.45, 7) is 0. The lowest BCUT2D eigenvalue weighted by molar-refractivity contribution is 0.0696. The zero-order valence-electron chi connectivity index (χ0n) is 10.3. The Kier molecular flexibility index (Phi) is 3.12. The van der Waals surface area contributed by atoms with Gasteiger partial charge in [0.25, 0.3) is 0 Å². The van der Waals surface area contributed by atoms with Gasteiger partial charge in [0.2, 0.25) is 0 Å². The van der Waals surface area contributed by atoms with E-state index in [1.54, 1.807) is 18.6 Å². The summed E-state index contributed by atoms with van der Waals surface area (Å²) in [5.41, 5.74) is 2.64. The van der Waals surface area contributed by atoms with Crippen LogP contribution in [0.2, 0.25) is 5.02 Å². The molecule has 0 saturated heterocycles. The van der Waals surface area contributed by atoms with Gasteiger partial charge < -0.3 is 9.51 Å². The number of pyridine rings is 1. The molecule has 0 spiro atoms. The van der Waals surface area contributed by atoms with Crippen molar-refractivity contribution in [2.45, 2.75) is 6.42 Å². The molecule has 6 heteroatoms. The largest absolute Gasteiger partial charge is 0.478 e. The van der Waals surface area contributed by atoms with Crippen LogP contribution in [0.25, 0.3) is 5.52 Å². The fourth-order valence-corrected chi connectivity index (χ4v) is 2.23. The third-order valence-corrected chi connectivity index (χ3v) is 3.14. The summed E-state index contributed by atoms with van der Waals surface area (Å²) < 4.78 is 1.83. The molecule has 3 rings (SSSR count). The second-order valence-electron chi connectivity index (χ2n) is 4.39. The van der Waals surface area contributed by atoms with Gasteiger partial charge in [0.15, 0.2) is 0 Å². The first-order valence-electron chi connectivity index (χ1n) is 5.92. The molecular weight excluding hydrogens is 278 g/mol. The van der Waals surface area contributed by atoms with Crippen molar-refractivity contribution in [3.63, 3.8) is 0 Å². The lowest BCUT2D eigenvalue weighted by Gasteiger charge is -2.03. The molecule has 3 heterocycles. The maximum Gasteiger partial charge on any atom is 0.335 e. The van der Waals surface area contributed by atoms with Gasteiger partial charge in [-0.15, -0.1) is 0 Å². The van der Waals surface area contributed by atoms with Crippen molar-refractivity contribution in [3.8, 4) is 0 Å². The fourth-order valence-electron chi connectivity index (χ4n) is 2.01. The molecular formula is C14H10ClN3O2. The van der Waals surface area contributed by atoms with Gasteiger partial charge in [-0.3, -0.25) is 4.98 Å². The Labute approximate surface area is 119 Å². The Bertz CT molecular complexity index is 798. The van der Waals surface area contributed by atoms with Gasteiger partial charge in [-0.25, -0.2) is 9.78 Å². The van der Waals surface area contributed by atoms with Crippen molar-refractivity contribution in [3.05, 3.63) is 65.0 Å². The van der Waals surface area contributed by atoms with E-state index in [0.717, 1.165) is 11.2 Å². The van der Waals surface area contributed by atoms with Crippen molar-refractivity contribution in [2.24, 2.45) is 0 Å². The zero-order chi connectivity index (χ0) is 14.1. The first kappa shape index (κ1) is 12.6. The van der Waals surface area contributed by atoms with E-state index in [1.165, 1.54) is 12.3 Å². The van der Waals surface area contributed by atoms with Crippen molar-refractivity contribution >= 4 is 23.1 Å². The number of carboxylic acid groups (broad SMARTS) is 1. The minimum absolute atomic E-state index is 0.224. The molecule has 3 aromatic heterocycles. The van der Waals surface area contributed by atoms with E-state index in [1.807, 2.05) is 16.5 Å². The first-order valence-corrected chi connectivity index (χ1v) is 6.30. The number of rotatable bonds is 3. The summed E-state index contributed by atoms with van der Waals surface area (Å²) in [4.78, 5) is 19.4. The Morgan fingerprint density at radius 1 is 1.25 bits per heavy atom. The average molecular weight is 288 g/mol. The number of carbonyl (C=O) groups is 1. The van der Waals surface area contributed by atoms with Crippen LogP contribution in [0.3, 0.4) is 0 Å². The minimum atomic E-state index is -0.963. The van der Waals surface area contributed by atoms with E-state index in [9.17, 15) is 4.79 Å². The van der Waals surface area contributed by atoms with Gasteiger partial charge in [-0.1, -0.05) is 11.6 Å². The van der Waals surface area contributed by atoms with Gasteiger partial charge in [0.1, 0.15) is 0 Å². The van der Waals surface area contributed by atoms with Gasteiger partial charge >= 0.3 is 5.97 Å². The lowest BCUT2D eigenvalue weighted by Crippen LogP contribution is -2.01. The van der Waals surface area contributed by atoms with Gasteiger partial charge in [-0.2, -0.15) is 0 Å². The summed E-state index contributed by atoms with van der Waals surface area (Å²) in [5.74, 6) is -0.963. The third kappa shape index (κ3) is 2.48. The lowest BCUT2D eigenvalue weighted by atomic mass is 10.1. The van der Waals surface area contributed by atoms with Crippen LogP contribution >= 0.6 is 11.6 Å². The van der Waals surface area contributed by atoms with E-state index in [4.69, 9.17) is 16.7 Å². The minimum Gasteiger partial charge on any atom is -0.478 e. The smallest absolute Gasteiger partial charge is 0.335 e. The monoisotopic (exact) mass is 287 g/mol. The molecule has 20 heavy (non-hydrogen) atoms. The highest BCUT2D eigenvalue weighted by atomic mass is 35.5. The number of fused-ring (bicyclic) bond motifs is 1. The van der Waals surface area contributed by atoms with Crippen molar-refractivity contribution in [2.75, 3.05) is 0 Å². The molecule has 100 valence electrons. The average Bonchev–Trinajstić information content (AvgIpc) is 2.78. The van der Waals surface area contributed by atoms with E-state index in [-0.39, 0.29) is 5.56 Å². The summed E-state index contributed by atoms with van der Waals surface area (Å²) >= 11 is 5.93. The second-order valence-corrected chi connectivity index (χ2v) is 4.82. The maximum atomic E-state index is 10.9. The molecule has 0 amide bonds. The highest BCUT2D eigenvalue weighted by Gasteiger charge is 2.06. The SMILES string of the molecule is O=C(O)c1ccnc(Cc2cc3cc(Cl)cn3cn2)c1. The molecule has 0 radical (unpaired) electrons. The van der Waals surface area contributed by atoms with Crippen molar-refractivity contribution < 1.29 is 9.90 Å². The van der Waals surface area contributed by atoms with E-state index < -0.39 is 5.97 Å². The molecule has 0 fully saturated rings. The normalized spacial score (nSPS) is 10.8. The molecule has 0 aliphatic rings. The molecule has 5 nitrogen and oxygen atoms in total. The summed E-state index contributed by atoms with van der Waals surface area (Å²) in [6.07, 6.45) is 5.42. The van der Waals surface area contributed by atoms with Crippen molar-refractivity contribution in [1.29, 1.82) is 0 Å². The second kappa shape index (κ2) is 4.94. The Morgan fingerprint density at radius 3 is 2.85 bits per heavy atom. The van der Waals surface area contributed by atoms with E-state index in [0.29, 0.717) is 17.1 Å². The van der Waals surface area contributed by atoms with Gasteiger partial charge in [0.05, 0.1) is 22.6 Å². The van der Waals surface area contributed by atoms with Crippen LogP contribution in [0, 0.1) is 0 Å². The number of carboxylic acids is 1. The number of halogens is 1. The molecule has 3 aromatic rings. The number of hydrogen-bond donors (Lipinski definition) is 1. The quantitative estimate of drug-likeness (QED) is 0.804. The van der Waals surface area contributed by atoms with Crippen LogP contribution in [0.15, 0.2) is 43.0 Å². The van der Waals surface area contributed by atoms with Gasteiger partial charge in [0, 0.05) is 30.0 Å². The Morgan fingerprint density at radius 2 is 2.05 bits per heavy atom. The molecule has 0 aliphatic carbocycles. The van der Waals surface area contributed by atoms with Crippen LogP contribution < -0.4 is 0 Å². The van der Waals surface area contributed by atoms with E-state index in [2.05, 4.69) is 9.97 Å². The fraction of sp³-hybridized carbons (Fsp3) is 0.0714. The van der Waals surface area contributed by atoms with Crippen molar-refractivity contribution in [1.82, 2.24) is 14.4 Å². The number of aromatic nitrogens is 3. The molecule has 0 aromatic carbocycles. The Balaban J connectivity index is 1.92. The van der Waals surface area contributed by atoms with Gasteiger partial charge in [-0.05, 0) is 24.3 Å². The van der Waals surface area contributed by atoms with Crippen LogP contribution in [0.1, 0.15) is 21.7 Å². The predicted octanol–water partition coefficient (Wildman–Crippen LogP) is 2.67. The molecule has 1 N–H and O–H groups in total. The molecule has 0 unspecified atom stereocenters. The summed E-state index contributed by atoms with van der Waals surface area (Å²) in [6, 6.07) is 6.77. The molecule has 0 bridgehead atoms. The topological polar surface area (TPSA) is 67.5 Å². The van der Waals surface area contributed by atoms with Crippen LogP contribution in [0.5, 0.6) is 0 Å². The molecule has 0 aliphatic heterocycles. The third-order valence-electron chi connectivity index (χ3n) is 2.93.